The number of nitro groups is 1. The molecule has 0 unspecified atom stereocenters. The highest BCUT2D eigenvalue weighted by Crippen LogP contribution is 2.30. The molecule has 0 bridgehead atoms. The highest BCUT2D eigenvalue weighted by molar-refractivity contribution is 5.45. The fraction of sp³-hybridized carbons (Fsp3) is 0.375. The van der Waals surface area contributed by atoms with Gasteiger partial charge in [-0.05, 0) is 18.2 Å². The second kappa shape index (κ2) is 9.27. The number of benzene rings is 1. The van der Waals surface area contributed by atoms with Crippen LogP contribution in [0.4, 0.5) is 5.69 Å². The van der Waals surface area contributed by atoms with Crippen LogP contribution in [-0.2, 0) is 4.74 Å². The number of aliphatic hydroxyl groups excluding tert-OH is 4. The van der Waals surface area contributed by atoms with Crippen LogP contribution in [0.5, 0.6) is 5.75 Å². The summed E-state index contributed by atoms with van der Waals surface area (Å²) in [6.07, 6.45) is -3.60. The van der Waals surface area contributed by atoms with E-state index in [1.807, 2.05) is 24.5 Å². The molecule has 1 aromatic heterocycles. The molecule has 2 heterocycles. The number of aromatic nitrogens is 1. The highest BCUT2D eigenvalue weighted by atomic mass is 16.7. The maximum atomic E-state index is 10.9. The predicted octanol–water partition coefficient (Wildman–Crippen LogP) is -0.212. The molecule has 1 fully saturated rings. The monoisotopic (exact) mass is 368 g/mol. The second-order valence-corrected chi connectivity index (χ2v) is 5.42. The fourth-order valence-electron chi connectivity index (χ4n) is 2.28. The third-order valence-electron chi connectivity index (χ3n) is 3.65. The smallest absolute Gasteiger partial charge is 0.311 e. The van der Waals surface area contributed by atoms with E-state index < -0.39 is 42.2 Å². The van der Waals surface area contributed by atoms with Crippen molar-refractivity contribution in [1.82, 2.24) is 4.98 Å². The largest absolute Gasteiger partial charge is 0.455 e. The van der Waals surface area contributed by atoms with Crippen molar-refractivity contribution in [3.8, 4) is 5.75 Å². The molecule has 2 aromatic rings. The molecular weight excluding hydrogens is 348 g/mol. The number of para-hydroxylation sites is 2. The van der Waals surface area contributed by atoms with Gasteiger partial charge in [0.25, 0.3) is 0 Å². The number of hydrogen-bond acceptors (Lipinski definition) is 8. The lowest BCUT2D eigenvalue weighted by Gasteiger charge is -2.39. The molecule has 1 aromatic carbocycles. The van der Waals surface area contributed by atoms with Crippen molar-refractivity contribution in [2.75, 3.05) is 6.61 Å². The summed E-state index contributed by atoms with van der Waals surface area (Å²) in [5.41, 5.74) is -0.338. The summed E-state index contributed by atoms with van der Waals surface area (Å²) >= 11 is 0. The van der Waals surface area contributed by atoms with E-state index in [1.54, 1.807) is 0 Å². The lowest BCUT2D eigenvalue weighted by molar-refractivity contribution is -0.387. The summed E-state index contributed by atoms with van der Waals surface area (Å²) in [6, 6.07) is 9.34. The number of nitro benzene ring substituents is 1. The van der Waals surface area contributed by atoms with Crippen LogP contribution in [0.25, 0.3) is 0 Å². The Hall–Kier alpha value is -2.50. The number of nitrogens with one attached hydrogen (secondary N) is 1. The molecule has 0 radical (unpaired) electrons. The van der Waals surface area contributed by atoms with Gasteiger partial charge in [-0.1, -0.05) is 12.1 Å². The molecule has 0 saturated carbocycles. The SMILES string of the molecule is O=[N+]([O-])c1ccccc1O[C@@H]1O[C@H](CO)[C@H](O)[C@H](O)[C@H]1O.c1cc[nH]c1. The van der Waals surface area contributed by atoms with Crippen LogP contribution in [-0.4, -0.2) is 67.6 Å². The Labute approximate surface area is 148 Å². The lowest BCUT2D eigenvalue weighted by atomic mass is 9.99. The van der Waals surface area contributed by atoms with Crippen LogP contribution in [0.3, 0.4) is 0 Å². The van der Waals surface area contributed by atoms with Gasteiger partial charge in [-0.15, -0.1) is 0 Å². The first-order valence-electron chi connectivity index (χ1n) is 7.74. The third-order valence-corrected chi connectivity index (χ3v) is 3.65. The van der Waals surface area contributed by atoms with Crippen LogP contribution in [0.2, 0.25) is 0 Å². The van der Waals surface area contributed by atoms with Crippen LogP contribution in [0.1, 0.15) is 0 Å². The standard InChI is InChI=1S/C12H15NO8.C4H5N/c14-5-8-9(15)10(16)11(17)12(21-8)20-7-4-2-1-3-6(7)13(18)19;1-2-4-5-3-1/h1-4,8-12,14-17H,5H2;1-5H/t8-,9+,10+,11-,12-;/m1./s1. The number of H-pyrrole nitrogens is 1. The maximum Gasteiger partial charge on any atom is 0.311 e. The Morgan fingerprint density at radius 1 is 1.08 bits per heavy atom. The molecule has 5 N–H and O–H groups in total. The Morgan fingerprint density at radius 2 is 1.73 bits per heavy atom. The zero-order valence-corrected chi connectivity index (χ0v) is 13.6. The molecule has 10 nitrogen and oxygen atoms in total. The normalized spacial score (nSPS) is 27.9. The first-order chi connectivity index (χ1) is 12.5. The highest BCUT2D eigenvalue weighted by Gasteiger charge is 2.45. The van der Waals surface area contributed by atoms with Crippen LogP contribution < -0.4 is 4.74 Å². The van der Waals surface area contributed by atoms with Crippen LogP contribution in [0.15, 0.2) is 48.8 Å². The zero-order chi connectivity index (χ0) is 19.1. The lowest BCUT2D eigenvalue weighted by Crippen LogP contribution is -2.60. The molecule has 0 spiro atoms. The summed E-state index contributed by atoms with van der Waals surface area (Å²) in [7, 11) is 0. The Bertz CT molecular complexity index is 661. The van der Waals surface area contributed by atoms with Gasteiger partial charge in [0.05, 0.1) is 11.5 Å². The maximum absolute atomic E-state index is 10.9. The quantitative estimate of drug-likeness (QED) is 0.366. The van der Waals surface area contributed by atoms with E-state index in [1.165, 1.54) is 24.3 Å². The Morgan fingerprint density at radius 3 is 2.27 bits per heavy atom. The number of nitrogens with zero attached hydrogens (tertiary/aromatic N) is 1. The molecule has 10 heteroatoms. The molecular formula is C16H20N2O8. The Kier molecular flexibility index (Phi) is 7.06. The molecule has 26 heavy (non-hydrogen) atoms. The van der Waals surface area contributed by atoms with Crippen molar-refractivity contribution in [2.24, 2.45) is 0 Å². The summed E-state index contributed by atoms with van der Waals surface area (Å²) in [6.45, 7) is -0.609. The van der Waals surface area contributed by atoms with E-state index >= 15 is 0 Å². The second-order valence-electron chi connectivity index (χ2n) is 5.42. The number of aromatic amines is 1. The number of hydrogen-bond donors (Lipinski definition) is 5. The molecule has 3 rings (SSSR count). The zero-order valence-electron chi connectivity index (χ0n) is 13.6. The van der Waals surface area contributed by atoms with Gasteiger partial charge in [-0.25, -0.2) is 0 Å². The van der Waals surface area contributed by atoms with Gasteiger partial charge in [-0.2, -0.15) is 0 Å². The van der Waals surface area contributed by atoms with Gasteiger partial charge < -0.3 is 34.9 Å². The van der Waals surface area contributed by atoms with Gasteiger partial charge in [0.15, 0.2) is 5.75 Å². The summed E-state index contributed by atoms with van der Waals surface area (Å²) in [5, 5.41) is 49.0. The van der Waals surface area contributed by atoms with Gasteiger partial charge in [0, 0.05) is 18.5 Å². The van der Waals surface area contributed by atoms with E-state index in [4.69, 9.17) is 14.6 Å². The molecule has 1 aliphatic rings. The summed E-state index contributed by atoms with van der Waals surface area (Å²) in [5.74, 6) is -0.160. The van der Waals surface area contributed by atoms with E-state index in [0.29, 0.717) is 0 Å². The van der Waals surface area contributed by atoms with E-state index in [0.717, 1.165) is 0 Å². The molecule has 0 aliphatic carbocycles. The van der Waals surface area contributed by atoms with E-state index in [9.17, 15) is 25.4 Å². The average molecular weight is 368 g/mol. The first kappa shape index (κ1) is 19.8. The van der Waals surface area contributed by atoms with Gasteiger partial charge >= 0.3 is 5.69 Å². The van der Waals surface area contributed by atoms with Crippen molar-refractivity contribution in [3.63, 3.8) is 0 Å². The minimum absolute atomic E-state index is 0.160. The van der Waals surface area contributed by atoms with Gasteiger partial charge in [0.1, 0.15) is 24.4 Å². The molecule has 142 valence electrons. The van der Waals surface area contributed by atoms with Crippen molar-refractivity contribution < 1.29 is 34.8 Å². The summed E-state index contributed by atoms with van der Waals surface area (Å²) in [4.78, 5) is 13.1. The van der Waals surface area contributed by atoms with Crippen molar-refractivity contribution in [1.29, 1.82) is 0 Å². The van der Waals surface area contributed by atoms with E-state index in [2.05, 4.69) is 4.98 Å². The van der Waals surface area contributed by atoms with Crippen LogP contribution >= 0.6 is 0 Å². The molecule has 5 atom stereocenters. The van der Waals surface area contributed by atoms with Crippen molar-refractivity contribution in [3.05, 3.63) is 58.9 Å². The molecule has 1 saturated heterocycles. The topological polar surface area (TPSA) is 158 Å². The average Bonchev–Trinajstić information content (AvgIpc) is 3.22. The predicted molar refractivity (Wildman–Crippen MR) is 88.3 cm³/mol. The molecule has 0 amide bonds. The van der Waals surface area contributed by atoms with Crippen molar-refractivity contribution >= 4 is 5.69 Å². The van der Waals surface area contributed by atoms with Gasteiger partial charge in [-0.3, -0.25) is 10.1 Å². The van der Waals surface area contributed by atoms with E-state index in [-0.39, 0.29) is 11.4 Å². The van der Waals surface area contributed by atoms with Gasteiger partial charge in [0.2, 0.25) is 6.29 Å². The Balaban J connectivity index is 0.000000417. The number of aliphatic hydroxyl groups is 4. The minimum Gasteiger partial charge on any atom is -0.455 e. The first-order valence-corrected chi connectivity index (χ1v) is 7.74. The third kappa shape index (κ3) is 4.77. The fourth-order valence-corrected chi connectivity index (χ4v) is 2.28. The number of ether oxygens (including phenoxy) is 2. The summed E-state index contributed by atoms with van der Waals surface area (Å²) < 4.78 is 10.3. The van der Waals surface area contributed by atoms with Crippen molar-refractivity contribution in [2.45, 2.75) is 30.7 Å². The number of rotatable bonds is 4. The minimum atomic E-state index is -1.62. The molecule has 1 aliphatic heterocycles. The van der Waals surface area contributed by atoms with Crippen LogP contribution in [0, 0.1) is 10.1 Å².